The Morgan fingerprint density at radius 1 is 1.41 bits per heavy atom. The lowest BCUT2D eigenvalue weighted by atomic mass is 10.1. The highest BCUT2D eigenvalue weighted by Gasteiger charge is 2.24. The Balaban J connectivity index is 1.75. The maximum Gasteiger partial charge on any atom is 0.306 e. The summed E-state index contributed by atoms with van der Waals surface area (Å²) in [5.74, 6) is -0.0534. The molecule has 1 aliphatic rings. The number of nitro benzene ring substituents is 1. The number of anilines is 2. The van der Waals surface area contributed by atoms with Gasteiger partial charge in [-0.3, -0.25) is 14.9 Å². The Labute approximate surface area is 167 Å². The number of hydrogen-bond acceptors (Lipinski definition) is 6. The fourth-order valence-corrected chi connectivity index (χ4v) is 3.11. The van der Waals surface area contributed by atoms with Crippen molar-refractivity contribution in [1.82, 2.24) is 0 Å². The summed E-state index contributed by atoms with van der Waals surface area (Å²) in [6, 6.07) is 6.20. The summed E-state index contributed by atoms with van der Waals surface area (Å²) in [4.78, 5) is 22.6. The largest absolute Gasteiger partial charge is 0.492 e. The quantitative estimate of drug-likeness (QED) is 0.537. The smallest absolute Gasteiger partial charge is 0.306 e. The normalized spacial score (nSPS) is 15.8. The lowest BCUT2D eigenvalue weighted by Gasteiger charge is -2.19. The maximum absolute atomic E-state index is 13.5. The number of nitrogens with one attached hydrogen (secondary N) is 2. The van der Waals surface area contributed by atoms with Gasteiger partial charge in [0.15, 0.2) is 0 Å². The van der Waals surface area contributed by atoms with Gasteiger partial charge in [-0.2, -0.15) is 4.39 Å². The lowest BCUT2D eigenvalue weighted by Crippen LogP contribution is -2.32. The molecule has 2 atom stereocenters. The zero-order valence-electron chi connectivity index (χ0n) is 16.3. The molecule has 1 aliphatic heterocycles. The molecule has 0 fully saturated rings. The van der Waals surface area contributed by atoms with E-state index in [0.29, 0.717) is 18.0 Å². The first-order valence-corrected chi connectivity index (χ1v) is 9.26. The number of ether oxygens (including phenoxy) is 2. The minimum absolute atomic E-state index is 0.0738. The summed E-state index contributed by atoms with van der Waals surface area (Å²) in [5, 5.41) is 16.5. The summed E-state index contributed by atoms with van der Waals surface area (Å²) >= 11 is 0. The molecule has 8 nitrogen and oxygen atoms in total. The summed E-state index contributed by atoms with van der Waals surface area (Å²) in [6.45, 7) is 5.95. The second kappa shape index (κ2) is 8.34. The van der Waals surface area contributed by atoms with Crippen molar-refractivity contribution in [3.63, 3.8) is 0 Å². The van der Waals surface area contributed by atoms with Crippen LogP contribution in [0.2, 0.25) is 0 Å². The van der Waals surface area contributed by atoms with E-state index in [9.17, 15) is 19.3 Å². The van der Waals surface area contributed by atoms with Crippen LogP contribution in [-0.2, 0) is 11.2 Å². The second-order valence-corrected chi connectivity index (χ2v) is 6.80. The number of amides is 1. The number of carbonyl (C=O) groups excluding carboxylic acids is 1. The van der Waals surface area contributed by atoms with Crippen LogP contribution in [-0.4, -0.2) is 29.6 Å². The summed E-state index contributed by atoms with van der Waals surface area (Å²) in [5.41, 5.74) is 1.08. The zero-order valence-corrected chi connectivity index (χ0v) is 16.3. The van der Waals surface area contributed by atoms with Crippen molar-refractivity contribution in [2.45, 2.75) is 39.3 Å². The van der Waals surface area contributed by atoms with Crippen molar-refractivity contribution >= 4 is 23.0 Å². The third kappa shape index (κ3) is 4.56. The molecule has 0 saturated carbocycles. The second-order valence-electron chi connectivity index (χ2n) is 6.80. The van der Waals surface area contributed by atoms with Gasteiger partial charge in [-0.25, -0.2) is 0 Å². The van der Waals surface area contributed by atoms with E-state index >= 15 is 0 Å². The van der Waals surface area contributed by atoms with Crippen molar-refractivity contribution in [1.29, 1.82) is 0 Å². The molecule has 1 heterocycles. The predicted octanol–water partition coefficient (Wildman–Crippen LogP) is 3.90. The Hall–Kier alpha value is -3.36. The third-order valence-electron chi connectivity index (χ3n) is 4.47. The molecule has 2 aromatic rings. The number of nitro groups is 1. The molecule has 154 valence electrons. The van der Waals surface area contributed by atoms with Gasteiger partial charge in [0, 0.05) is 29.8 Å². The molecule has 1 amide bonds. The van der Waals surface area contributed by atoms with E-state index in [4.69, 9.17) is 9.47 Å². The highest BCUT2D eigenvalue weighted by Crippen LogP contribution is 2.38. The minimum Gasteiger partial charge on any atom is -0.492 e. The van der Waals surface area contributed by atoms with E-state index in [2.05, 4.69) is 10.6 Å². The van der Waals surface area contributed by atoms with Crippen LogP contribution in [0.1, 0.15) is 26.3 Å². The van der Waals surface area contributed by atoms with Crippen LogP contribution in [0.5, 0.6) is 11.5 Å². The highest BCUT2D eigenvalue weighted by molar-refractivity contribution is 5.96. The van der Waals surface area contributed by atoms with Crippen LogP contribution in [0, 0.1) is 15.9 Å². The van der Waals surface area contributed by atoms with Crippen molar-refractivity contribution in [2.24, 2.45) is 0 Å². The van der Waals surface area contributed by atoms with E-state index in [0.717, 1.165) is 29.9 Å². The molecule has 3 rings (SSSR count). The molecule has 29 heavy (non-hydrogen) atoms. The number of benzene rings is 2. The maximum atomic E-state index is 13.5. The van der Waals surface area contributed by atoms with Crippen LogP contribution < -0.4 is 20.1 Å². The van der Waals surface area contributed by atoms with Gasteiger partial charge < -0.3 is 20.1 Å². The number of rotatable bonds is 7. The van der Waals surface area contributed by atoms with E-state index in [-0.39, 0.29) is 11.8 Å². The summed E-state index contributed by atoms with van der Waals surface area (Å²) in [7, 11) is 0. The Morgan fingerprint density at radius 2 is 2.17 bits per heavy atom. The molecule has 0 bridgehead atoms. The van der Waals surface area contributed by atoms with Gasteiger partial charge in [0.1, 0.15) is 23.6 Å². The molecular weight excluding hydrogens is 381 g/mol. The van der Waals surface area contributed by atoms with Gasteiger partial charge in [0.25, 0.3) is 0 Å². The number of hydrogen-bond donors (Lipinski definition) is 2. The van der Waals surface area contributed by atoms with Crippen molar-refractivity contribution in [3.05, 3.63) is 51.8 Å². The van der Waals surface area contributed by atoms with Crippen LogP contribution in [0.25, 0.3) is 0 Å². The SMILES string of the molecule is CCOc1cc2c(cc1N[C@@H](C)C(=O)Nc1ccc(F)c([N+](=O)[O-])c1)O[C@H](C)C2. The average Bonchev–Trinajstić information content (AvgIpc) is 3.02. The first-order valence-electron chi connectivity index (χ1n) is 9.26. The molecule has 2 N–H and O–H groups in total. The molecule has 0 aromatic heterocycles. The van der Waals surface area contributed by atoms with Crippen LogP contribution in [0.4, 0.5) is 21.5 Å². The number of nitrogens with zero attached hydrogens (tertiary/aromatic N) is 1. The topological polar surface area (TPSA) is 103 Å². The Kier molecular flexibility index (Phi) is 5.86. The molecule has 0 aliphatic carbocycles. The first kappa shape index (κ1) is 20.4. The Bertz CT molecular complexity index is 950. The standard InChI is InChI=1S/C20H22FN3O5/c1-4-28-19-8-13-7-11(2)29-18(13)10-16(19)22-12(3)20(25)23-14-5-6-15(21)17(9-14)24(26)27/h5-6,8-12,22H,4,7H2,1-3H3,(H,23,25)/t11-,12+/m1/s1. The number of carbonyl (C=O) groups is 1. The van der Waals surface area contributed by atoms with Gasteiger partial charge in [-0.05, 0) is 39.0 Å². The average molecular weight is 403 g/mol. The van der Waals surface area contributed by atoms with Crippen LogP contribution in [0.15, 0.2) is 30.3 Å². The van der Waals surface area contributed by atoms with Gasteiger partial charge >= 0.3 is 5.69 Å². The number of halogens is 1. The van der Waals surface area contributed by atoms with E-state index in [1.165, 1.54) is 6.07 Å². The van der Waals surface area contributed by atoms with E-state index < -0.39 is 28.4 Å². The molecular formula is C20H22FN3O5. The van der Waals surface area contributed by atoms with Gasteiger partial charge in [-0.15, -0.1) is 0 Å². The van der Waals surface area contributed by atoms with Crippen molar-refractivity contribution < 1.29 is 23.6 Å². The zero-order chi connectivity index (χ0) is 21.1. The summed E-state index contributed by atoms with van der Waals surface area (Å²) in [6.07, 6.45) is 0.861. The molecule has 0 radical (unpaired) electrons. The van der Waals surface area contributed by atoms with Crippen LogP contribution >= 0.6 is 0 Å². The molecule has 0 unspecified atom stereocenters. The van der Waals surface area contributed by atoms with Crippen LogP contribution in [0.3, 0.4) is 0 Å². The fraction of sp³-hybridized carbons (Fsp3) is 0.350. The van der Waals surface area contributed by atoms with Crippen molar-refractivity contribution in [3.8, 4) is 11.5 Å². The number of fused-ring (bicyclic) bond motifs is 1. The highest BCUT2D eigenvalue weighted by atomic mass is 19.1. The molecule has 0 spiro atoms. The molecule has 2 aromatic carbocycles. The predicted molar refractivity (Wildman–Crippen MR) is 106 cm³/mol. The Morgan fingerprint density at radius 3 is 2.86 bits per heavy atom. The lowest BCUT2D eigenvalue weighted by molar-refractivity contribution is -0.387. The molecule has 9 heteroatoms. The summed E-state index contributed by atoms with van der Waals surface area (Å²) < 4.78 is 24.9. The van der Waals surface area contributed by atoms with Crippen molar-refractivity contribution in [2.75, 3.05) is 17.2 Å². The molecule has 0 saturated heterocycles. The van der Waals surface area contributed by atoms with Gasteiger partial charge in [0.2, 0.25) is 11.7 Å². The minimum atomic E-state index is -0.965. The van der Waals surface area contributed by atoms with Gasteiger partial charge in [0.05, 0.1) is 17.2 Å². The van der Waals surface area contributed by atoms with E-state index in [1.54, 1.807) is 13.0 Å². The fourth-order valence-electron chi connectivity index (χ4n) is 3.11. The van der Waals surface area contributed by atoms with Gasteiger partial charge in [-0.1, -0.05) is 0 Å². The first-order chi connectivity index (χ1) is 13.8. The monoisotopic (exact) mass is 403 g/mol. The third-order valence-corrected chi connectivity index (χ3v) is 4.47. The van der Waals surface area contributed by atoms with E-state index in [1.807, 2.05) is 19.9 Å².